The molecule has 1 saturated carbocycles. The van der Waals surface area contributed by atoms with Crippen LogP contribution >= 0.6 is 11.5 Å². The minimum Gasteiger partial charge on any atom is -0.452 e. The van der Waals surface area contributed by atoms with Gasteiger partial charge in [-0.25, -0.2) is 4.98 Å². The van der Waals surface area contributed by atoms with E-state index in [1.807, 2.05) is 47.5 Å². The average Bonchev–Trinajstić information content (AvgIpc) is 3.53. The molecule has 0 unspecified atom stereocenters. The predicted octanol–water partition coefficient (Wildman–Crippen LogP) is 5.03. The Morgan fingerprint density at radius 1 is 1.16 bits per heavy atom. The molecular weight excluding hydrogens is 410 g/mol. The molecule has 1 aliphatic carbocycles. The van der Waals surface area contributed by atoms with E-state index in [2.05, 4.69) is 14.5 Å². The number of aliphatic hydroxyl groups excluding tert-OH is 1. The molecule has 4 aromatic heterocycles. The molecular formula is C23H21N5O2S. The third kappa shape index (κ3) is 3.10. The van der Waals surface area contributed by atoms with Gasteiger partial charge in [0, 0.05) is 46.1 Å². The van der Waals surface area contributed by atoms with Gasteiger partial charge in [-0.2, -0.15) is 9.47 Å². The summed E-state index contributed by atoms with van der Waals surface area (Å²) in [7, 11) is 0. The number of aromatic nitrogens is 4. The van der Waals surface area contributed by atoms with Gasteiger partial charge >= 0.3 is 0 Å². The van der Waals surface area contributed by atoms with Crippen molar-refractivity contribution in [2.45, 2.75) is 37.8 Å². The topological polar surface area (TPSA) is 103 Å². The van der Waals surface area contributed by atoms with Crippen molar-refractivity contribution in [3.8, 4) is 22.5 Å². The van der Waals surface area contributed by atoms with Crippen LogP contribution in [0.1, 0.15) is 31.7 Å². The fourth-order valence-electron chi connectivity index (χ4n) is 4.55. The summed E-state index contributed by atoms with van der Waals surface area (Å²) in [6.45, 7) is 0. The maximum atomic E-state index is 10.0. The van der Waals surface area contributed by atoms with Crippen molar-refractivity contribution >= 4 is 38.4 Å². The zero-order valence-corrected chi connectivity index (χ0v) is 17.5. The number of rotatable bonds is 3. The van der Waals surface area contributed by atoms with Crippen molar-refractivity contribution in [1.82, 2.24) is 19.1 Å². The largest absolute Gasteiger partial charge is 0.452 e. The molecule has 5 aromatic rings. The number of aliphatic hydroxyl groups is 1. The van der Waals surface area contributed by atoms with Crippen LogP contribution in [0, 0.1) is 0 Å². The van der Waals surface area contributed by atoms with Gasteiger partial charge in [-0.3, -0.25) is 4.68 Å². The number of hydrogen-bond acceptors (Lipinski definition) is 7. The van der Waals surface area contributed by atoms with Gasteiger partial charge in [0.15, 0.2) is 11.4 Å². The molecule has 0 saturated heterocycles. The molecule has 2 atom stereocenters. The molecule has 0 bridgehead atoms. The predicted molar refractivity (Wildman–Crippen MR) is 122 cm³/mol. The summed E-state index contributed by atoms with van der Waals surface area (Å²) in [5.74, 6) is 1.11. The van der Waals surface area contributed by atoms with Gasteiger partial charge < -0.3 is 15.3 Å². The Morgan fingerprint density at radius 2 is 2.10 bits per heavy atom. The first-order valence-electron chi connectivity index (χ1n) is 10.4. The van der Waals surface area contributed by atoms with Crippen molar-refractivity contribution in [3.63, 3.8) is 0 Å². The van der Waals surface area contributed by atoms with Gasteiger partial charge in [0.05, 0.1) is 23.0 Å². The van der Waals surface area contributed by atoms with Crippen LogP contribution in [0.3, 0.4) is 0 Å². The molecule has 8 heteroatoms. The fourth-order valence-corrected chi connectivity index (χ4v) is 5.32. The van der Waals surface area contributed by atoms with Crippen molar-refractivity contribution in [2.75, 3.05) is 5.73 Å². The molecule has 1 aliphatic rings. The number of fused-ring (bicyclic) bond motifs is 2. The molecule has 0 radical (unpaired) electrons. The van der Waals surface area contributed by atoms with Crippen LogP contribution in [0.4, 0.5) is 5.82 Å². The maximum absolute atomic E-state index is 10.0. The van der Waals surface area contributed by atoms with Crippen molar-refractivity contribution < 1.29 is 9.52 Å². The number of benzene rings is 1. The minimum absolute atomic E-state index is 0.221. The molecule has 1 fully saturated rings. The smallest absolute Gasteiger partial charge is 0.177 e. The van der Waals surface area contributed by atoms with Crippen molar-refractivity contribution in [1.29, 1.82) is 0 Å². The zero-order chi connectivity index (χ0) is 20.9. The number of pyridine rings is 1. The van der Waals surface area contributed by atoms with Gasteiger partial charge in [-0.15, -0.1) is 0 Å². The maximum Gasteiger partial charge on any atom is 0.177 e. The Labute approximate surface area is 182 Å². The van der Waals surface area contributed by atoms with E-state index in [0.717, 1.165) is 63.6 Å². The first-order valence-corrected chi connectivity index (χ1v) is 11.2. The Bertz CT molecular complexity index is 1400. The molecule has 1 aromatic carbocycles. The highest BCUT2D eigenvalue weighted by Gasteiger charge is 2.23. The third-order valence-electron chi connectivity index (χ3n) is 6.14. The summed E-state index contributed by atoms with van der Waals surface area (Å²) < 4.78 is 13.6. The Kier molecular flexibility index (Phi) is 4.29. The SMILES string of the molecule is Nc1ncc(-c2cnn([C@H]3CCC[C@H](O)C3)c2)c2cc(-c3cccc4cnsc34)oc12. The Hall–Kier alpha value is -3.23. The van der Waals surface area contributed by atoms with Crippen LogP contribution in [0.2, 0.25) is 0 Å². The normalized spacial score (nSPS) is 19.4. The van der Waals surface area contributed by atoms with Gasteiger partial charge in [-0.05, 0) is 49.3 Å². The average molecular weight is 432 g/mol. The molecule has 0 aliphatic heterocycles. The molecule has 31 heavy (non-hydrogen) atoms. The first kappa shape index (κ1) is 18.5. The summed E-state index contributed by atoms with van der Waals surface area (Å²) >= 11 is 1.45. The van der Waals surface area contributed by atoms with Gasteiger partial charge in [0.1, 0.15) is 5.76 Å². The number of nitrogen functional groups attached to an aromatic ring is 1. The second kappa shape index (κ2) is 7.18. The number of furan rings is 1. The van der Waals surface area contributed by atoms with Crippen molar-refractivity contribution in [3.05, 3.63) is 49.1 Å². The monoisotopic (exact) mass is 431 g/mol. The van der Waals surface area contributed by atoms with Crippen LogP contribution < -0.4 is 5.73 Å². The highest BCUT2D eigenvalue weighted by molar-refractivity contribution is 7.13. The summed E-state index contributed by atoms with van der Waals surface area (Å²) in [4.78, 5) is 4.37. The lowest BCUT2D eigenvalue weighted by molar-refractivity contribution is 0.100. The summed E-state index contributed by atoms with van der Waals surface area (Å²) in [5, 5.41) is 16.6. The molecule has 0 spiro atoms. The summed E-state index contributed by atoms with van der Waals surface area (Å²) in [6.07, 6.45) is 10.9. The van der Waals surface area contributed by atoms with E-state index in [1.54, 1.807) is 6.20 Å². The van der Waals surface area contributed by atoms with E-state index in [4.69, 9.17) is 10.2 Å². The second-order valence-corrected chi connectivity index (χ2v) is 8.95. The number of anilines is 1. The van der Waals surface area contributed by atoms with Crippen molar-refractivity contribution in [2.24, 2.45) is 0 Å². The van der Waals surface area contributed by atoms with Gasteiger partial charge in [0.25, 0.3) is 0 Å². The lowest BCUT2D eigenvalue weighted by Gasteiger charge is -2.25. The minimum atomic E-state index is -0.248. The van der Waals surface area contributed by atoms with E-state index >= 15 is 0 Å². The van der Waals surface area contributed by atoms with E-state index in [-0.39, 0.29) is 12.1 Å². The Morgan fingerprint density at radius 3 is 3.00 bits per heavy atom. The molecule has 156 valence electrons. The van der Waals surface area contributed by atoms with Crippen LogP contribution in [0.25, 0.3) is 43.5 Å². The lowest BCUT2D eigenvalue weighted by atomic mass is 9.93. The summed E-state index contributed by atoms with van der Waals surface area (Å²) in [6, 6.07) is 8.33. The highest BCUT2D eigenvalue weighted by Crippen LogP contribution is 2.39. The summed E-state index contributed by atoms with van der Waals surface area (Å²) in [5.41, 5.74) is 9.62. The van der Waals surface area contributed by atoms with Gasteiger partial charge in [0.2, 0.25) is 0 Å². The zero-order valence-electron chi connectivity index (χ0n) is 16.7. The number of nitrogens with zero attached hydrogens (tertiary/aromatic N) is 4. The van der Waals surface area contributed by atoms with Crippen LogP contribution in [0.5, 0.6) is 0 Å². The molecule has 0 amide bonds. The Balaban J connectivity index is 1.45. The van der Waals surface area contributed by atoms with E-state index in [9.17, 15) is 5.11 Å². The van der Waals surface area contributed by atoms with Crippen LogP contribution in [-0.2, 0) is 0 Å². The first-order chi connectivity index (χ1) is 15.2. The molecule has 6 rings (SSSR count). The van der Waals surface area contributed by atoms with E-state index in [1.165, 1.54) is 11.5 Å². The standard InChI is InChI=1S/C23H21N5O2S/c24-23-21-18(8-20(30-21)17-6-1-3-13-10-27-31-22(13)17)19(11-25-23)14-9-26-28(12-14)15-4-2-5-16(29)7-15/h1,3,6,8-12,15-16,29H,2,4-5,7H2,(H2,24,25)/t15-,16-/m0/s1. The molecule has 3 N–H and O–H groups in total. The van der Waals surface area contributed by atoms with Crippen LogP contribution in [-0.4, -0.2) is 30.3 Å². The quantitative estimate of drug-likeness (QED) is 0.415. The fraction of sp³-hybridized carbons (Fsp3) is 0.261. The lowest BCUT2D eigenvalue weighted by Crippen LogP contribution is -2.22. The number of nitrogens with two attached hydrogens (primary N) is 1. The van der Waals surface area contributed by atoms with Gasteiger partial charge in [-0.1, -0.05) is 12.1 Å². The second-order valence-electron chi connectivity index (χ2n) is 8.14. The molecule has 4 heterocycles. The molecule has 7 nitrogen and oxygen atoms in total. The number of hydrogen-bond donors (Lipinski definition) is 2. The van der Waals surface area contributed by atoms with E-state index in [0.29, 0.717) is 11.4 Å². The third-order valence-corrected chi connectivity index (χ3v) is 6.99. The van der Waals surface area contributed by atoms with E-state index < -0.39 is 0 Å². The van der Waals surface area contributed by atoms with Crippen LogP contribution in [0.15, 0.2) is 53.5 Å². The highest BCUT2D eigenvalue weighted by atomic mass is 32.1.